The monoisotopic (exact) mass is 400 g/mol. The van der Waals surface area contributed by atoms with E-state index in [1.807, 2.05) is 22.6 Å². The van der Waals surface area contributed by atoms with E-state index in [9.17, 15) is 4.39 Å². The Morgan fingerprint density at radius 3 is 2.29 bits per heavy atom. The largest absolute Gasteiger partial charge is 0.206 e. The molecular weight excluding hydrogens is 396 g/mol. The van der Waals surface area contributed by atoms with E-state index in [2.05, 4.69) is 0 Å². The molecule has 0 heterocycles. The first-order chi connectivity index (χ1) is 8.02. The highest BCUT2D eigenvalue weighted by Crippen LogP contribution is 2.39. The third kappa shape index (κ3) is 2.55. The van der Waals surface area contributed by atoms with Crippen LogP contribution >= 0.6 is 57.4 Å². The van der Waals surface area contributed by atoms with Crippen LogP contribution in [-0.2, 0) is 0 Å². The summed E-state index contributed by atoms with van der Waals surface area (Å²) in [6, 6.07) is 8.19. The molecule has 0 bridgehead atoms. The summed E-state index contributed by atoms with van der Waals surface area (Å²) in [6.45, 7) is 0. The molecule has 0 saturated heterocycles. The smallest absolute Gasteiger partial charge is 0.137 e. The first-order valence-corrected chi connectivity index (χ1v) is 6.81. The Labute approximate surface area is 127 Å². The predicted molar refractivity (Wildman–Crippen MR) is 79.6 cm³/mol. The SMILES string of the molecule is Fc1cccc(-c2ccc(Cl)c(Cl)c2Cl)c1I. The van der Waals surface area contributed by atoms with E-state index >= 15 is 0 Å². The molecule has 0 aliphatic rings. The minimum atomic E-state index is -0.287. The average molecular weight is 401 g/mol. The second kappa shape index (κ2) is 5.31. The van der Waals surface area contributed by atoms with Gasteiger partial charge in [0.2, 0.25) is 0 Å². The van der Waals surface area contributed by atoms with E-state index < -0.39 is 0 Å². The van der Waals surface area contributed by atoms with Crippen molar-refractivity contribution >= 4 is 57.4 Å². The van der Waals surface area contributed by atoms with Crippen LogP contribution in [0.3, 0.4) is 0 Å². The Kier molecular flexibility index (Phi) is 4.18. The molecule has 0 amide bonds. The molecule has 2 aromatic rings. The fourth-order valence-electron chi connectivity index (χ4n) is 1.45. The Morgan fingerprint density at radius 2 is 1.59 bits per heavy atom. The van der Waals surface area contributed by atoms with Gasteiger partial charge in [-0.25, -0.2) is 4.39 Å². The third-order valence-corrected chi connectivity index (χ3v) is 4.67. The van der Waals surface area contributed by atoms with Crippen LogP contribution < -0.4 is 0 Å². The van der Waals surface area contributed by atoms with E-state index in [0.717, 1.165) is 0 Å². The van der Waals surface area contributed by atoms with Crippen LogP contribution in [0, 0.1) is 9.39 Å². The fraction of sp³-hybridized carbons (Fsp3) is 0. The molecule has 0 radical (unpaired) electrons. The van der Waals surface area contributed by atoms with Crippen molar-refractivity contribution < 1.29 is 4.39 Å². The highest BCUT2D eigenvalue weighted by atomic mass is 127. The summed E-state index contributed by atoms with van der Waals surface area (Å²) in [5.74, 6) is -0.287. The molecule has 0 unspecified atom stereocenters. The van der Waals surface area contributed by atoms with Gasteiger partial charge < -0.3 is 0 Å². The minimum Gasteiger partial charge on any atom is -0.206 e. The third-order valence-electron chi connectivity index (χ3n) is 2.28. The van der Waals surface area contributed by atoms with Gasteiger partial charge in [-0.2, -0.15) is 0 Å². The lowest BCUT2D eigenvalue weighted by Crippen LogP contribution is -1.89. The van der Waals surface area contributed by atoms with E-state index in [1.165, 1.54) is 6.07 Å². The quantitative estimate of drug-likeness (QED) is 0.403. The van der Waals surface area contributed by atoms with Gasteiger partial charge in [0.05, 0.1) is 18.6 Å². The molecule has 17 heavy (non-hydrogen) atoms. The molecule has 0 spiro atoms. The molecule has 0 aliphatic heterocycles. The van der Waals surface area contributed by atoms with Gasteiger partial charge in [-0.15, -0.1) is 0 Å². The summed E-state index contributed by atoms with van der Waals surface area (Å²) in [6.07, 6.45) is 0. The summed E-state index contributed by atoms with van der Waals surface area (Å²) >= 11 is 19.9. The first-order valence-electron chi connectivity index (χ1n) is 4.60. The summed E-state index contributed by atoms with van der Waals surface area (Å²) in [5.41, 5.74) is 1.37. The zero-order valence-corrected chi connectivity index (χ0v) is 12.7. The lowest BCUT2D eigenvalue weighted by molar-refractivity contribution is 0.621. The zero-order valence-electron chi connectivity index (χ0n) is 8.28. The number of halogens is 5. The van der Waals surface area contributed by atoms with Gasteiger partial charge in [0.25, 0.3) is 0 Å². The van der Waals surface area contributed by atoms with Crippen LogP contribution in [0.2, 0.25) is 15.1 Å². The lowest BCUT2D eigenvalue weighted by Gasteiger charge is -2.09. The van der Waals surface area contributed by atoms with Crippen molar-refractivity contribution in [2.75, 3.05) is 0 Å². The number of rotatable bonds is 1. The zero-order chi connectivity index (χ0) is 12.6. The normalized spacial score (nSPS) is 10.6. The van der Waals surface area contributed by atoms with Gasteiger partial charge in [-0.3, -0.25) is 0 Å². The Balaban J connectivity index is 2.69. The van der Waals surface area contributed by atoms with Crippen molar-refractivity contribution in [1.82, 2.24) is 0 Å². The maximum atomic E-state index is 13.5. The molecule has 2 aromatic carbocycles. The van der Waals surface area contributed by atoms with E-state index in [-0.39, 0.29) is 10.8 Å². The fourth-order valence-corrected chi connectivity index (χ4v) is 2.73. The first kappa shape index (κ1) is 13.4. The molecule has 0 saturated carbocycles. The Morgan fingerprint density at radius 1 is 0.882 bits per heavy atom. The van der Waals surface area contributed by atoms with Crippen molar-refractivity contribution in [2.24, 2.45) is 0 Å². The van der Waals surface area contributed by atoms with E-state index in [1.54, 1.807) is 24.3 Å². The number of hydrogen-bond acceptors (Lipinski definition) is 0. The van der Waals surface area contributed by atoms with Crippen molar-refractivity contribution in [3.63, 3.8) is 0 Å². The van der Waals surface area contributed by atoms with E-state index in [0.29, 0.717) is 24.7 Å². The molecule has 2 rings (SSSR count). The van der Waals surface area contributed by atoms with Crippen LogP contribution in [0.5, 0.6) is 0 Å². The summed E-state index contributed by atoms with van der Waals surface area (Å²) in [4.78, 5) is 0. The van der Waals surface area contributed by atoms with Crippen molar-refractivity contribution in [2.45, 2.75) is 0 Å². The van der Waals surface area contributed by atoms with E-state index in [4.69, 9.17) is 34.8 Å². The molecule has 88 valence electrons. The average Bonchev–Trinajstić information content (AvgIpc) is 2.31. The summed E-state index contributed by atoms with van der Waals surface area (Å²) in [7, 11) is 0. The molecule has 0 fully saturated rings. The van der Waals surface area contributed by atoms with Crippen LogP contribution in [0.1, 0.15) is 0 Å². The molecular formula is C12H5Cl3FI. The maximum Gasteiger partial charge on any atom is 0.137 e. The molecule has 0 nitrogen and oxygen atoms in total. The summed E-state index contributed by atoms with van der Waals surface area (Å²) in [5, 5.41) is 1.00. The van der Waals surface area contributed by atoms with Gasteiger partial charge in [-0.1, -0.05) is 53.0 Å². The summed E-state index contributed by atoms with van der Waals surface area (Å²) < 4.78 is 14.0. The minimum absolute atomic E-state index is 0.283. The van der Waals surface area contributed by atoms with Crippen LogP contribution in [0.15, 0.2) is 30.3 Å². The molecule has 0 N–H and O–H groups in total. The van der Waals surface area contributed by atoms with Crippen LogP contribution in [0.25, 0.3) is 11.1 Å². The standard InChI is InChI=1S/C12H5Cl3FI/c13-8-5-4-6(10(14)11(8)15)7-2-1-3-9(16)12(7)17/h1-5H. The topological polar surface area (TPSA) is 0 Å². The van der Waals surface area contributed by atoms with Gasteiger partial charge in [0.15, 0.2) is 0 Å². The molecule has 0 aliphatic carbocycles. The Bertz CT molecular complexity index is 584. The van der Waals surface area contributed by atoms with Crippen LogP contribution in [-0.4, -0.2) is 0 Å². The van der Waals surface area contributed by atoms with Gasteiger partial charge in [0, 0.05) is 5.56 Å². The lowest BCUT2D eigenvalue weighted by atomic mass is 10.1. The second-order valence-electron chi connectivity index (χ2n) is 3.32. The number of benzene rings is 2. The second-order valence-corrected chi connectivity index (χ2v) is 5.57. The maximum absolute atomic E-state index is 13.5. The highest BCUT2D eigenvalue weighted by Gasteiger charge is 2.14. The van der Waals surface area contributed by atoms with Crippen molar-refractivity contribution in [3.8, 4) is 11.1 Å². The molecule has 0 atom stereocenters. The van der Waals surface area contributed by atoms with Gasteiger partial charge in [-0.05, 0) is 40.3 Å². The van der Waals surface area contributed by atoms with Gasteiger partial charge in [0.1, 0.15) is 5.82 Å². The highest BCUT2D eigenvalue weighted by molar-refractivity contribution is 14.1. The van der Waals surface area contributed by atoms with Crippen molar-refractivity contribution in [1.29, 1.82) is 0 Å². The molecule has 0 aromatic heterocycles. The molecule has 5 heteroatoms. The van der Waals surface area contributed by atoms with Crippen LogP contribution in [0.4, 0.5) is 4.39 Å². The van der Waals surface area contributed by atoms with Crippen molar-refractivity contribution in [3.05, 3.63) is 54.8 Å². The Hall–Kier alpha value is -0.0300. The number of hydrogen-bond donors (Lipinski definition) is 0. The predicted octanol–water partition coefficient (Wildman–Crippen LogP) is 6.06. The van der Waals surface area contributed by atoms with Gasteiger partial charge >= 0.3 is 0 Å².